The van der Waals surface area contributed by atoms with Gasteiger partial charge in [0, 0.05) is 16.8 Å². The molecule has 1 aliphatic rings. The van der Waals surface area contributed by atoms with Crippen molar-refractivity contribution in [1.29, 1.82) is 0 Å². The molecule has 7 heteroatoms. The SMILES string of the molecule is COc1ccc(/C(O)=C2\C(=O)C(=O)N(c3ccc(OC(C)C)cc3)C2c2ccccc2OC)c(C)c1. The van der Waals surface area contributed by atoms with Gasteiger partial charge in [-0.25, -0.2) is 0 Å². The van der Waals surface area contributed by atoms with Crippen LogP contribution in [0.1, 0.15) is 36.6 Å². The maximum atomic E-state index is 13.4. The summed E-state index contributed by atoms with van der Waals surface area (Å²) >= 11 is 0. The van der Waals surface area contributed by atoms with Gasteiger partial charge in [-0.1, -0.05) is 18.2 Å². The van der Waals surface area contributed by atoms with E-state index in [1.165, 1.54) is 12.0 Å². The van der Waals surface area contributed by atoms with E-state index >= 15 is 0 Å². The van der Waals surface area contributed by atoms with Crippen LogP contribution in [-0.4, -0.2) is 37.1 Å². The minimum absolute atomic E-state index is 0.00797. The van der Waals surface area contributed by atoms with Crippen LogP contribution in [0, 0.1) is 6.92 Å². The number of aryl methyl sites for hydroxylation is 1. The molecular formula is C29H29NO6. The first kappa shape index (κ1) is 24.9. The van der Waals surface area contributed by atoms with Gasteiger partial charge in [-0.3, -0.25) is 14.5 Å². The van der Waals surface area contributed by atoms with Crippen LogP contribution in [0.5, 0.6) is 17.2 Å². The molecule has 7 nitrogen and oxygen atoms in total. The third kappa shape index (κ3) is 4.52. The summed E-state index contributed by atoms with van der Waals surface area (Å²) in [5, 5.41) is 11.4. The van der Waals surface area contributed by atoms with Crippen LogP contribution in [0.25, 0.3) is 5.76 Å². The maximum Gasteiger partial charge on any atom is 0.300 e. The Morgan fingerprint density at radius 1 is 0.917 bits per heavy atom. The highest BCUT2D eigenvalue weighted by Gasteiger charge is 2.48. The number of Topliss-reactive ketones (excluding diaryl/α,β-unsaturated/α-hetero) is 1. The van der Waals surface area contributed by atoms with Gasteiger partial charge in [0.15, 0.2) is 0 Å². The van der Waals surface area contributed by atoms with Crippen molar-refractivity contribution in [3.63, 3.8) is 0 Å². The second-order valence-electron chi connectivity index (χ2n) is 8.75. The van der Waals surface area contributed by atoms with Gasteiger partial charge >= 0.3 is 0 Å². The smallest absolute Gasteiger partial charge is 0.300 e. The molecule has 186 valence electrons. The van der Waals surface area contributed by atoms with Gasteiger partial charge in [0.05, 0.1) is 31.9 Å². The molecule has 1 saturated heterocycles. The molecule has 0 aliphatic carbocycles. The normalized spacial score (nSPS) is 16.9. The van der Waals surface area contributed by atoms with E-state index in [1.54, 1.807) is 80.8 Å². The van der Waals surface area contributed by atoms with Crippen LogP contribution in [-0.2, 0) is 9.59 Å². The molecule has 1 fully saturated rings. The fourth-order valence-corrected chi connectivity index (χ4v) is 4.42. The molecule has 0 radical (unpaired) electrons. The van der Waals surface area contributed by atoms with Crippen LogP contribution in [0.4, 0.5) is 5.69 Å². The van der Waals surface area contributed by atoms with Gasteiger partial charge in [-0.15, -0.1) is 0 Å². The molecule has 0 bridgehead atoms. The van der Waals surface area contributed by atoms with E-state index in [0.29, 0.717) is 39.6 Å². The van der Waals surface area contributed by atoms with Gasteiger partial charge < -0.3 is 19.3 Å². The summed E-state index contributed by atoms with van der Waals surface area (Å²) in [6.07, 6.45) is -0.00797. The van der Waals surface area contributed by atoms with E-state index in [4.69, 9.17) is 14.2 Å². The molecule has 1 heterocycles. The molecule has 3 aromatic rings. The summed E-state index contributed by atoms with van der Waals surface area (Å²) in [5.74, 6) is -0.0158. The summed E-state index contributed by atoms with van der Waals surface area (Å²) in [4.78, 5) is 28.2. The molecule has 0 aromatic heterocycles. The molecular weight excluding hydrogens is 458 g/mol. The molecule has 1 aliphatic heterocycles. The lowest BCUT2D eigenvalue weighted by Crippen LogP contribution is -2.29. The number of benzene rings is 3. The summed E-state index contributed by atoms with van der Waals surface area (Å²) < 4.78 is 16.6. The van der Waals surface area contributed by atoms with E-state index in [2.05, 4.69) is 0 Å². The van der Waals surface area contributed by atoms with Gasteiger partial charge in [-0.05, 0) is 74.9 Å². The number of rotatable bonds is 7. The fraction of sp³-hybridized carbons (Fsp3) is 0.241. The predicted molar refractivity (Wildman–Crippen MR) is 138 cm³/mol. The Labute approximate surface area is 210 Å². The Balaban J connectivity index is 1.92. The highest BCUT2D eigenvalue weighted by molar-refractivity contribution is 6.51. The van der Waals surface area contributed by atoms with Crippen LogP contribution in [0.3, 0.4) is 0 Å². The molecule has 0 spiro atoms. The average molecular weight is 488 g/mol. The van der Waals surface area contributed by atoms with E-state index < -0.39 is 17.7 Å². The molecule has 1 N–H and O–H groups in total. The first-order chi connectivity index (χ1) is 17.3. The predicted octanol–water partition coefficient (Wildman–Crippen LogP) is 5.43. The number of methoxy groups -OCH3 is 2. The summed E-state index contributed by atoms with van der Waals surface area (Å²) in [7, 11) is 3.08. The van der Waals surface area contributed by atoms with Gasteiger partial charge in [-0.2, -0.15) is 0 Å². The summed E-state index contributed by atoms with van der Waals surface area (Å²) in [5.41, 5.74) is 2.20. The number of ether oxygens (including phenoxy) is 3. The summed E-state index contributed by atoms with van der Waals surface area (Å²) in [6, 6.07) is 18.3. The van der Waals surface area contributed by atoms with Crippen LogP contribution < -0.4 is 19.1 Å². The molecule has 4 rings (SSSR count). The minimum Gasteiger partial charge on any atom is -0.507 e. The molecule has 3 aromatic carbocycles. The standard InChI is InChI=1S/C29H29NO6/c1-17(2)36-20-12-10-19(11-13-20)30-26(23-8-6-7-9-24(23)35-5)25(28(32)29(30)33)27(31)22-15-14-21(34-4)16-18(22)3/h6-17,26,31H,1-5H3/b27-25+. The second-order valence-corrected chi connectivity index (χ2v) is 8.75. The van der Waals surface area contributed by atoms with Crippen molar-refractivity contribution in [3.05, 3.63) is 89.0 Å². The van der Waals surface area contributed by atoms with Gasteiger partial charge in [0.2, 0.25) is 0 Å². The lowest BCUT2D eigenvalue weighted by Gasteiger charge is -2.27. The Bertz CT molecular complexity index is 1330. The maximum absolute atomic E-state index is 13.4. The number of carbonyl (C=O) groups excluding carboxylic acids is 2. The van der Waals surface area contributed by atoms with Crippen LogP contribution >= 0.6 is 0 Å². The molecule has 1 amide bonds. The number of amides is 1. The number of anilines is 1. The van der Waals surface area contributed by atoms with Crippen molar-refractivity contribution in [1.82, 2.24) is 0 Å². The number of aliphatic hydroxyl groups excluding tert-OH is 1. The van der Waals surface area contributed by atoms with E-state index in [-0.39, 0.29) is 17.4 Å². The lowest BCUT2D eigenvalue weighted by atomic mass is 9.93. The van der Waals surface area contributed by atoms with Crippen molar-refractivity contribution in [2.24, 2.45) is 0 Å². The average Bonchev–Trinajstić information content (AvgIpc) is 3.13. The minimum atomic E-state index is -0.903. The van der Waals surface area contributed by atoms with Crippen molar-refractivity contribution in [2.75, 3.05) is 19.1 Å². The summed E-state index contributed by atoms with van der Waals surface area (Å²) in [6.45, 7) is 5.66. The number of carbonyl (C=O) groups is 2. The zero-order valence-corrected chi connectivity index (χ0v) is 20.9. The van der Waals surface area contributed by atoms with Crippen LogP contribution in [0.2, 0.25) is 0 Å². The number of nitrogens with zero attached hydrogens (tertiary/aromatic N) is 1. The van der Waals surface area contributed by atoms with E-state index in [1.807, 2.05) is 13.8 Å². The largest absolute Gasteiger partial charge is 0.507 e. The van der Waals surface area contributed by atoms with Crippen molar-refractivity contribution >= 4 is 23.1 Å². The first-order valence-corrected chi connectivity index (χ1v) is 11.6. The Hall–Kier alpha value is -4.26. The molecule has 1 unspecified atom stereocenters. The number of hydrogen-bond donors (Lipinski definition) is 1. The van der Waals surface area contributed by atoms with Gasteiger partial charge in [0.1, 0.15) is 23.0 Å². The number of aliphatic hydroxyl groups is 1. The topological polar surface area (TPSA) is 85.3 Å². The van der Waals surface area contributed by atoms with Crippen molar-refractivity contribution in [2.45, 2.75) is 32.9 Å². The third-order valence-electron chi connectivity index (χ3n) is 6.05. The number of para-hydroxylation sites is 1. The van der Waals surface area contributed by atoms with Gasteiger partial charge in [0.25, 0.3) is 11.7 Å². The molecule has 1 atom stereocenters. The quantitative estimate of drug-likeness (QED) is 0.272. The van der Waals surface area contributed by atoms with Crippen molar-refractivity contribution in [3.8, 4) is 17.2 Å². The number of ketones is 1. The zero-order chi connectivity index (χ0) is 26.0. The monoisotopic (exact) mass is 487 g/mol. The second kappa shape index (κ2) is 10.2. The van der Waals surface area contributed by atoms with Crippen molar-refractivity contribution < 1.29 is 28.9 Å². The zero-order valence-electron chi connectivity index (χ0n) is 20.9. The lowest BCUT2D eigenvalue weighted by molar-refractivity contribution is -0.132. The highest BCUT2D eigenvalue weighted by atomic mass is 16.5. The Kier molecular flexibility index (Phi) is 7.01. The third-order valence-corrected chi connectivity index (χ3v) is 6.05. The highest BCUT2D eigenvalue weighted by Crippen LogP contribution is 2.45. The van der Waals surface area contributed by atoms with E-state index in [9.17, 15) is 14.7 Å². The molecule has 0 saturated carbocycles. The Morgan fingerprint density at radius 2 is 1.58 bits per heavy atom. The molecule has 36 heavy (non-hydrogen) atoms. The van der Waals surface area contributed by atoms with E-state index in [0.717, 1.165) is 0 Å². The van der Waals surface area contributed by atoms with Crippen LogP contribution in [0.15, 0.2) is 72.3 Å². The first-order valence-electron chi connectivity index (χ1n) is 11.6. The fourth-order valence-electron chi connectivity index (χ4n) is 4.42. The number of hydrogen-bond acceptors (Lipinski definition) is 6. The Morgan fingerprint density at radius 3 is 2.19 bits per heavy atom.